The summed E-state index contributed by atoms with van der Waals surface area (Å²) >= 11 is 0. The fourth-order valence-corrected chi connectivity index (χ4v) is 4.43. The number of hydrogen-bond acceptors (Lipinski definition) is 6. The first-order chi connectivity index (χ1) is 16.0. The molecule has 2 aromatic carbocycles. The van der Waals surface area contributed by atoms with Crippen molar-refractivity contribution in [2.45, 2.75) is 32.6 Å². The highest BCUT2D eigenvalue weighted by atomic mass is 16.2. The van der Waals surface area contributed by atoms with Crippen molar-refractivity contribution in [3.8, 4) is 6.07 Å². The van der Waals surface area contributed by atoms with Crippen LogP contribution in [0.25, 0.3) is 0 Å². The number of Topliss-reactive ketones (excluding diaryl/α,β-unsaturated/α-hetero) is 2. The van der Waals surface area contributed by atoms with E-state index in [2.05, 4.69) is 11.1 Å². The molecule has 7 heteroatoms. The number of anilines is 1. The summed E-state index contributed by atoms with van der Waals surface area (Å²) in [6.07, 6.45) is 0.507. The minimum absolute atomic E-state index is 0.0582. The highest BCUT2D eigenvalue weighted by Gasteiger charge is 2.45. The lowest BCUT2D eigenvalue weighted by molar-refractivity contribution is -0.140. The van der Waals surface area contributed by atoms with Gasteiger partial charge >= 0.3 is 0 Å². The van der Waals surface area contributed by atoms with E-state index in [-0.39, 0.29) is 41.6 Å². The number of nitrogens with zero attached hydrogens (tertiary/aromatic N) is 3. The SMILES string of the molecule is CN(C)c1ccc(C(/C(C#N)=C(N)\N=C(/N)c2ccccc2)C2C(=O)CC(C)(C)CC2=O)cc1. The molecule has 0 radical (unpaired) electrons. The van der Waals surface area contributed by atoms with Crippen LogP contribution in [0, 0.1) is 22.7 Å². The Kier molecular flexibility index (Phi) is 7.21. The molecule has 34 heavy (non-hydrogen) atoms. The molecule has 2 aromatic rings. The van der Waals surface area contributed by atoms with E-state index in [4.69, 9.17) is 11.5 Å². The fraction of sp³-hybridized carbons (Fsp3) is 0.333. The van der Waals surface area contributed by atoms with Crippen molar-refractivity contribution in [1.82, 2.24) is 0 Å². The maximum absolute atomic E-state index is 13.2. The number of nitriles is 1. The summed E-state index contributed by atoms with van der Waals surface area (Å²) in [6.45, 7) is 3.81. The van der Waals surface area contributed by atoms with Crippen molar-refractivity contribution in [1.29, 1.82) is 5.26 Å². The van der Waals surface area contributed by atoms with E-state index in [0.29, 0.717) is 11.1 Å². The molecule has 1 unspecified atom stereocenters. The van der Waals surface area contributed by atoms with Gasteiger partial charge in [0.05, 0.1) is 17.6 Å². The highest BCUT2D eigenvalue weighted by molar-refractivity contribution is 6.06. The molecule has 4 N–H and O–H groups in total. The van der Waals surface area contributed by atoms with Gasteiger partial charge < -0.3 is 16.4 Å². The Labute approximate surface area is 200 Å². The van der Waals surface area contributed by atoms with Crippen LogP contribution in [0.2, 0.25) is 0 Å². The summed E-state index contributed by atoms with van der Waals surface area (Å²) in [7, 11) is 3.84. The topological polar surface area (TPSA) is 126 Å². The number of aliphatic imine (C=N–C) groups is 1. The number of ketones is 2. The van der Waals surface area contributed by atoms with Gasteiger partial charge in [0, 0.05) is 44.1 Å². The fourth-order valence-electron chi connectivity index (χ4n) is 4.43. The van der Waals surface area contributed by atoms with Gasteiger partial charge in [-0.25, -0.2) is 4.99 Å². The molecule has 1 fully saturated rings. The normalized spacial score (nSPS) is 18.1. The molecule has 1 atom stereocenters. The molecule has 1 aliphatic rings. The molecule has 0 spiro atoms. The first kappa shape index (κ1) is 24.7. The monoisotopic (exact) mass is 457 g/mol. The van der Waals surface area contributed by atoms with Crippen LogP contribution in [0.3, 0.4) is 0 Å². The predicted molar refractivity (Wildman–Crippen MR) is 134 cm³/mol. The molecule has 0 saturated heterocycles. The molecule has 176 valence electrons. The third-order valence-electron chi connectivity index (χ3n) is 6.12. The number of rotatable bonds is 6. The third kappa shape index (κ3) is 5.34. The van der Waals surface area contributed by atoms with Gasteiger partial charge in [0.25, 0.3) is 0 Å². The quantitative estimate of drug-likeness (QED) is 0.296. The number of allylic oxidation sites excluding steroid dienone is 1. The Bertz CT molecular complexity index is 1150. The zero-order valence-corrected chi connectivity index (χ0v) is 20.1. The van der Waals surface area contributed by atoms with Crippen LogP contribution in [0.1, 0.15) is 43.7 Å². The van der Waals surface area contributed by atoms with Gasteiger partial charge in [0.2, 0.25) is 0 Å². The lowest BCUT2D eigenvalue weighted by Gasteiger charge is -2.36. The molecule has 1 aliphatic carbocycles. The van der Waals surface area contributed by atoms with E-state index in [9.17, 15) is 14.9 Å². The maximum Gasteiger partial charge on any atom is 0.144 e. The number of hydrogen-bond donors (Lipinski definition) is 2. The maximum atomic E-state index is 13.2. The first-order valence-electron chi connectivity index (χ1n) is 11.2. The second-order valence-electron chi connectivity index (χ2n) is 9.67. The van der Waals surface area contributed by atoms with Crippen molar-refractivity contribution in [3.63, 3.8) is 0 Å². The number of benzene rings is 2. The molecule has 0 aromatic heterocycles. The van der Waals surface area contributed by atoms with E-state index in [0.717, 1.165) is 5.69 Å². The minimum Gasteiger partial charge on any atom is -0.383 e. The Morgan fingerprint density at radius 1 is 1.03 bits per heavy atom. The van der Waals surface area contributed by atoms with Crippen LogP contribution >= 0.6 is 0 Å². The van der Waals surface area contributed by atoms with Crippen molar-refractivity contribution in [2.75, 3.05) is 19.0 Å². The van der Waals surface area contributed by atoms with Crippen molar-refractivity contribution in [3.05, 3.63) is 77.1 Å². The van der Waals surface area contributed by atoms with Gasteiger partial charge in [-0.15, -0.1) is 0 Å². The second-order valence-corrected chi connectivity index (χ2v) is 9.67. The van der Waals surface area contributed by atoms with Gasteiger partial charge in [0.1, 0.15) is 23.2 Å². The second kappa shape index (κ2) is 9.92. The lowest BCUT2D eigenvalue weighted by atomic mass is 9.65. The number of nitrogens with two attached hydrogens (primary N) is 2. The molecule has 7 nitrogen and oxygen atoms in total. The number of carbonyl (C=O) groups excluding carboxylic acids is 2. The van der Waals surface area contributed by atoms with Crippen LogP contribution in [0.15, 0.2) is 71.0 Å². The standard InChI is InChI=1S/C27H31N5O2/c1-27(2)14-21(33)24(22(34)15-27)23(17-10-12-19(13-11-17)32(3)4)20(16-28)26(30)31-25(29)18-8-6-5-7-9-18/h5-13,23-24H,14-15,30H2,1-4H3,(H2,29,31)/b26-20-. The molecule has 0 bridgehead atoms. The van der Waals surface area contributed by atoms with Crippen molar-refractivity contribution < 1.29 is 9.59 Å². The van der Waals surface area contributed by atoms with Crippen molar-refractivity contribution >= 4 is 23.1 Å². The van der Waals surface area contributed by atoms with Crippen LogP contribution in [0.5, 0.6) is 0 Å². The molecular formula is C27H31N5O2. The lowest BCUT2D eigenvalue weighted by Crippen LogP contribution is -2.41. The van der Waals surface area contributed by atoms with Crippen LogP contribution in [0.4, 0.5) is 5.69 Å². The largest absolute Gasteiger partial charge is 0.383 e. The summed E-state index contributed by atoms with van der Waals surface area (Å²) < 4.78 is 0. The molecule has 0 aliphatic heterocycles. The Morgan fingerprint density at radius 3 is 2.09 bits per heavy atom. The van der Waals surface area contributed by atoms with Crippen LogP contribution in [-0.2, 0) is 9.59 Å². The van der Waals surface area contributed by atoms with E-state index < -0.39 is 17.3 Å². The molecule has 3 rings (SSSR count). The van der Waals surface area contributed by atoms with E-state index >= 15 is 0 Å². The zero-order valence-electron chi connectivity index (χ0n) is 20.1. The van der Waals surface area contributed by atoms with Crippen LogP contribution in [-0.4, -0.2) is 31.5 Å². The summed E-state index contributed by atoms with van der Waals surface area (Å²) in [6, 6.07) is 18.6. The number of carbonyl (C=O) groups is 2. The minimum atomic E-state index is -1.00. The predicted octanol–water partition coefficient (Wildman–Crippen LogP) is 3.51. The molecule has 1 saturated carbocycles. The Morgan fingerprint density at radius 2 is 1.59 bits per heavy atom. The van der Waals surface area contributed by atoms with E-state index in [1.807, 2.05) is 75.3 Å². The number of amidine groups is 1. The Hall–Kier alpha value is -3.92. The van der Waals surface area contributed by atoms with E-state index in [1.165, 1.54) is 0 Å². The molecular weight excluding hydrogens is 426 g/mol. The average molecular weight is 458 g/mol. The summed E-state index contributed by atoms with van der Waals surface area (Å²) in [5.74, 6) is -2.18. The molecule has 0 heterocycles. The van der Waals surface area contributed by atoms with Crippen LogP contribution < -0.4 is 16.4 Å². The smallest absolute Gasteiger partial charge is 0.144 e. The summed E-state index contributed by atoms with van der Waals surface area (Å²) in [5, 5.41) is 10.1. The zero-order chi connectivity index (χ0) is 25.0. The average Bonchev–Trinajstić information content (AvgIpc) is 2.78. The molecule has 0 amide bonds. The highest BCUT2D eigenvalue weighted by Crippen LogP contribution is 2.43. The van der Waals surface area contributed by atoms with Gasteiger partial charge in [-0.2, -0.15) is 5.26 Å². The first-order valence-corrected chi connectivity index (χ1v) is 11.2. The Balaban J connectivity index is 2.15. The van der Waals surface area contributed by atoms with Gasteiger partial charge in [-0.1, -0.05) is 56.3 Å². The van der Waals surface area contributed by atoms with Crippen molar-refractivity contribution in [2.24, 2.45) is 27.8 Å². The van der Waals surface area contributed by atoms with Gasteiger partial charge in [0.15, 0.2) is 0 Å². The van der Waals surface area contributed by atoms with Gasteiger partial charge in [-0.3, -0.25) is 9.59 Å². The summed E-state index contributed by atoms with van der Waals surface area (Å²) in [4.78, 5) is 32.7. The van der Waals surface area contributed by atoms with E-state index in [1.54, 1.807) is 12.1 Å². The summed E-state index contributed by atoms with van der Waals surface area (Å²) in [5.41, 5.74) is 14.3. The van der Waals surface area contributed by atoms with Gasteiger partial charge in [-0.05, 0) is 23.1 Å². The third-order valence-corrected chi connectivity index (χ3v) is 6.12.